The number of hydrogen-bond acceptors (Lipinski definition) is 4. The Hall–Kier alpha value is -2.33. The lowest BCUT2D eigenvalue weighted by Crippen LogP contribution is -2.01. The Bertz CT molecular complexity index is 693. The van der Waals surface area contributed by atoms with Crippen molar-refractivity contribution in [3.05, 3.63) is 40.4 Å². The minimum absolute atomic E-state index is 0.370. The zero-order valence-electron chi connectivity index (χ0n) is 14.9. The molecule has 0 aliphatic heterocycles. The van der Waals surface area contributed by atoms with E-state index in [2.05, 4.69) is 26.1 Å². The summed E-state index contributed by atoms with van der Waals surface area (Å²) >= 11 is 0. The van der Waals surface area contributed by atoms with Gasteiger partial charge in [-0.3, -0.25) is 0 Å². The molecule has 0 saturated heterocycles. The second kappa shape index (κ2) is 11.3. The summed E-state index contributed by atoms with van der Waals surface area (Å²) in [5, 5.41) is 4.68. The molecule has 0 spiro atoms. The molecule has 0 saturated carbocycles. The Kier molecular flexibility index (Phi) is 8.56. The number of hydrogen-bond donors (Lipinski definition) is 1. The van der Waals surface area contributed by atoms with Crippen LogP contribution in [0.3, 0.4) is 0 Å². The van der Waals surface area contributed by atoms with Gasteiger partial charge < -0.3 is 5.73 Å². The van der Waals surface area contributed by atoms with Crippen LogP contribution >= 0.6 is 0 Å². The molecule has 0 aliphatic rings. The molecule has 1 aromatic heterocycles. The van der Waals surface area contributed by atoms with Crippen LogP contribution in [-0.4, -0.2) is 16.5 Å². The third kappa shape index (κ3) is 6.98. The van der Waals surface area contributed by atoms with E-state index in [1.165, 1.54) is 44.9 Å². The van der Waals surface area contributed by atoms with Gasteiger partial charge in [0.2, 0.25) is 5.95 Å². The second-order valence-corrected chi connectivity index (χ2v) is 6.43. The topological polar surface area (TPSA) is 101 Å². The number of aromatic nitrogens is 2. The number of azide groups is 1. The van der Waals surface area contributed by atoms with Gasteiger partial charge in [-0.05, 0) is 30.9 Å². The summed E-state index contributed by atoms with van der Waals surface area (Å²) in [5.74, 6) is 0.370. The molecule has 0 atom stereocenters. The number of nitrogens with two attached hydrogens (primary N) is 1. The van der Waals surface area contributed by atoms with Gasteiger partial charge in [0.05, 0.1) is 11.2 Å². The Morgan fingerprint density at radius 3 is 2.24 bits per heavy atom. The Morgan fingerprint density at radius 1 is 0.880 bits per heavy atom. The Labute approximate surface area is 149 Å². The molecule has 134 valence electrons. The maximum absolute atomic E-state index is 8.19. The molecule has 2 N–H and O–H groups in total. The standard InChI is InChI=1S/C19H28N6/c20-19-23-17(16-12-9-10-14-18(16)24-19)13-8-6-4-2-1-3-5-7-11-15-22-25-21/h9-10,12,14H,1-8,11,13,15H2,(H2,20,23,24). The summed E-state index contributed by atoms with van der Waals surface area (Å²) in [6.07, 6.45) is 11.9. The van der Waals surface area contributed by atoms with E-state index in [0.29, 0.717) is 12.5 Å². The predicted molar refractivity (Wildman–Crippen MR) is 103 cm³/mol. The Balaban J connectivity index is 1.57. The van der Waals surface area contributed by atoms with Gasteiger partial charge in [-0.15, -0.1) is 0 Å². The highest BCUT2D eigenvalue weighted by atomic mass is 15.1. The van der Waals surface area contributed by atoms with Crippen molar-refractivity contribution in [1.82, 2.24) is 9.97 Å². The van der Waals surface area contributed by atoms with E-state index < -0.39 is 0 Å². The van der Waals surface area contributed by atoms with Crippen LogP contribution in [0, 0.1) is 0 Å². The van der Waals surface area contributed by atoms with Crippen molar-refractivity contribution in [2.45, 2.75) is 64.2 Å². The SMILES string of the molecule is [N-]=[N+]=NCCCCCCCCCCCc1nc(N)nc2ccccc12. The van der Waals surface area contributed by atoms with Crippen LogP contribution in [0.1, 0.15) is 63.5 Å². The first-order chi connectivity index (χ1) is 12.3. The van der Waals surface area contributed by atoms with Gasteiger partial charge in [0.25, 0.3) is 0 Å². The van der Waals surface area contributed by atoms with Gasteiger partial charge in [-0.25, -0.2) is 9.97 Å². The maximum Gasteiger partial charge on any atom is 0.220 e. The van der Waals surface area contributed by atoms with E-state index in [-0.39, 0.29) is 0 Å². The first-order valence-electron chi connectivity index (χ1n) is 9.33. The van der Waals surface area contributed by atoms with Gasteiger partial charge in [-0.2, -0.15) is 0 Å². The van der Waals surface area contributed by atoms with Gasteiger partial charge in [0.1, 0.15) is 0 Å². The van der Waals surface area contributed by atoms with Crippen LogP contribution in [0.5, 0.6) is 0 Å². The average molecular weight is 340 g/mol. The number of rotatable bonds is 12. The lowest BCUT2D eigenvalue weighted by Gasteiger charge is -2.06. The molecule has 0 bridgehead atoms. The summed E-state index contributed by atoms with van der Waals surface area (Å²) in [7, 11) is 0. The highest BCUT2D eigenvalue weighted by Crippen LogP contribution is 2.19. The van der Waals surface area contributed by atoms with E-state index in [4.69, 9.17) is 11.3 Å². The third-order valence-corrected chi connectivity index (χ3v) is 4.43. The molecule has 0 unspecified atom stereocenters. The lowest BCUT2D eigenvalue weighted by molar-refractivity contribution is 0.559. The van der Waals surface area contributed by atoms with Gasteiger partial charge in [0.15, 0.2) is 0 Å². The monoisotopic (exact) mass is 340 g/mol. The van der Waals surface area contributed by atoms with E-state index in [1.54, 1.807) is 0 Å². The fourth-order valence-electron chi connectivity index (χ4n) is 3.11. The Morgan fingerprint density at radius 2 is 1.52 bits per heavy atom. The number of nitrogen functional groups attached to an aromatic ring is 1. The van der Waals surface area contributed by atoms with Crippen molar-refractivity contribution in [2.24, 2.45) is 5.11 Å². The summed E-state index contributed by atoms with van der Waals surface area (Å²) in [5.41, 5.74) is 16.0. The fourth-order valence-corrected chi connectivity index (χ4v) is 3.11. The number of unbranched alkanes of at least 4 members (excludes halogenated alkanes) is 8. The van der Waals surface area contributed by atoms with E-state index >= 15 is 0 Å². The van der Waals surface area contributed by atoms with Crippen molar-refractivity contribution in [3.63, 3.8) is 0 Å². The van der Waals surface area contributed by atoms with Crippen molar-refractivity contribution in [3.8, 4) is 0 Å². The largest absolute Gasteiger partial charge is 0.368 e. The fraction of sp³-hybridized carbons (Fsp3) is 0.579. The minimum atomic E-state index is 0.370. The van der Waals surface area contributed by atoms with Crippen LogP contribution in [0.25, 0.3) is 21.3 Å². The van der Waals surface area contributed by atoms with Crippen molar-refractivity contribution < 1.29 is 0 Å². The predicted octanol–water partition coefficient (Wildman–Crippen LogP) is 5.58. The molecular weight excluding hydrogens is 312 g/mol. The molecule has 25 heavy (non-hydrogen) atoms. The molecule has 6 heteroatoms. The first kappa shape index (κ1) is 19.0. The van der Waals surface area contributed by atoms with E-state index in [1.807, 2.05) is 18.2 Å². The first-order valence-corrected chi connectivity index (χ1v) is 9.33. The molecule has 0 radical (unpaired) electrons. The number of benzene rings is 1. The van der Waals surface area contributed by atoms with Crippen molar-refractivity contribution in [2.75, 3.05) is 12.3 Å². The number of nitrogens with zero attached hydrogens (tertiary/aromatic N) is 5. The van der Waals surface area contributed by atoms with Crippen LogP contribution in [0.4, 0.5) is 5.95 Å². The molecule has 6 nitrogen and oxygen atoms in total. The molecule has 1 heterocycles. The van der Waals surface area contributed by atoms with Crippen LogP contribution in [0.15, 0.2) is 29.4 Å². The normalized spacial score (nSPS) is 10.7. The van der Waals surface area contributed by atoms with Crippen LogP contribution in [0.2, 0.25) is 0 Å². The quantitative estimate of drug-likeness (QED) is 0.236. The molecule has 2 aromatic rings. The van der Waals surface area contributed by atoms with E-state index in [0.717, 1.165) is 35.9 Å². The highest BCUT2D eigenvalue weighted by Gasteiger charge is 2.05. The number of para-hydroxylation sites is 1. The summed E-state index contributed by atoms with van der Waals surface area (Å²) in [4.78, 5) is 11.5. The molecule has 2 rings (SSSR count). The van der Waals surface area contributed by atoms with Gasteiger partial charge in [-0.1, -0.05) is 68.3 Å². The molecule has 0 amide bonds. The highest BCUT2D eigenvalue weighted by molar-refractivity contribution is 5.81. The smallest absolute Gasteiger partial charge is 0.220 e. The lowest BCUT2D eigenvalue weighted by atomic mass is 10.0. The third-order valence-electron chi connectivity index (χ3n) is 4.43. The number of fused-ring (bicyclic) bond motifs is 1. The summed E-state index contributed by atoms with van der Waals surface area (Å²) < 4.78 is 0. The summed E-state index contributed by atoms with van der Waals surface area (Å²) in [6, 6.07) is 8.07. The summed E-state index contributed by atoms with van der Waals surface area (Å²) in [6.45, 7) is 0.638. The zero-order valence-corrected chi connectivity index (χ0v) is 14.9. The molecule has 0 fully saturated rings. The number of aryl methyl sites for hydroxylation is 1. The number of anilines is 1. The van der Waals surface area contributed by atoms with Crippen LogP contribution < -0.4 is 5.73 Å². The van der Waals surface area contributed by atoms with Crippen molar-refractivity contribution in [1.29, 1.82) is 0 Å². The maximum atomic E-state index is 8.19. The second-order valence-electron chi connectivity index (χ2n) is 6.43. The van der Waals surface area contributed by atoms with Crippen LogP contribution in [-0.2, 0) is 6.42 Å². The molecule has 1 aromatic carbocycles. The van der Waals surface area contributed by atoms with Crippen molar-refractivity contribution >= 4 is 16.9 Å². The van der Waals surface area contributed by atoms with Gasteiger partial charge in [0, 0.05) is 16.8 Å². The zero-order chi connectivity index (χ0) is 17.7. The minimum Gasteiger partial charge on any atom is -0.368 e. The molecular formula is C19H28N6. The van der Waals surface area contributed by atoms with Gasteiger partial charge >= 0.3 is 0 Å². The average Bonchev–Trinajstić information content (AvgIpc) is 2.62. The molecule has 0 aliphatic carbocycles. The van der Waals surface area contributed by atoms with E-state index in [9.17, 15) is 0 Å².